The average molecular weight is 1200 g/mol. The summed E-state index contributed by atoms with van der Waals surface area (Å²) in [5, 5.41) is 6.92. The van der Waals surface area contributed by atoms with Gasteiger partial charge in [-0.25, -0.2) is 34.9 Å². The van der Waals surface area contributed by atoms with Gasteiger partial charge >= 0.3 is 0 Å². The highest BCUT2D eigenvalue weighted by Gasteiger charge is 2.29. The van der Waals surface area contributed by atoms with Crippen LogP contribution in [0.1, 0.15) is 33.4 Å². The van der Waals surface area contributed by atoms with E-state index in [1.54, 1.807) is 0 Å². The van der Waals surface area contributed by atoms with Gasteiger partial charge in [0.1, 0.15) is 5.82 Å². The number of hydrogen-bond donors (Lipinski definition) is 0. The first-order valence-electron chi connectivity index (χ1n) is 31.5. The van der Waals surface area contributed by atoms with Gasteiger partial charge in [-0.05, 0) is 138 Å². The molecule has 11 aromatic carbocycles. The largest absolute Gasteiger partial charge is 0.305 e. The van der Waals surface area contributed by atoms with Crippen molar-refractivity contribution in [3.05, 3.63) is 288 Å². The van der Waals surface area contributed by atoms with Crippen LogP contribution in [0.15, 0.2) is 255 Å². The molecule has 10 heteroatoms. The molecule has 0 spiro atoms. The molecule has 0 saturated heterocycles. The number of fused-ring (bicyclic) bond motifs is 9. The Morgan fingerprint density at radius 1 is 0.215 bits per heavy atom. The van der Waals surface area contributed by atoms with E-state index in [2.05, 4.69) is 189 Å². The Bertz CT molecular complexity index is 5570. The third kappa shape index (κ3) is 9.44. The molecule has 0 atom stereocenters. The van der Waals surface area contributed by atoms with Crippen LogP contribution in [-0.4, -0.2) is 48.6 Å². The summed E-state index contributed by atoms with van der Waals surface area (Å²) >= 11 is 0. The zero-order valence-corrected chi connectivity index (χ0v) is 52.2. The second-order valence-electron chi connectivity index (χ2n) is 24.7. The van der Waals surface area contributed by atoms with E-state index < -0.39 is 0 Å². The van der Waals surface area contributed by atoms with Crippen LogP contribution < -0.4 is 0 Å². The van der Waals surface area contributed by atoms with Crippen molar-refractivity contribution in [2.45, 2.75) is 41.5 Å². The van der Waals surface area contributed by atoms with Gasteiger partial charge in [-0.15, -0.1) is 0 Å². The van der Waals surface area contributed by atoms with Crippen molar-refractivity contribution in [2.24, 2.45) is 0 Å². The molecule has 17 aromatic rings. The van der Waals surface area contributed by atoms with Gasteiger partial charge in [-0.1, -0.05) is 197 Å². The van der Waals surface area contributed by atoms with E-state index in [9.17, 15) is 0 Å². The van der Waals surface area contributed by atoms with Gasteiger partial charge in [0.15, 0.2) is 40.8 Å². The molecule has 17 rings (SSSR count). The minimum Gasteiger partial charge on any atom is -0.305 e. The molecular weight excluding hydrogens is 1140 g/mol. The third-order valence-corrected chi connectivity index (χ3v) is 18.1. The minimum absolute atomic E-state index is 0.447. The predicted octanol–water partition coefficient (Wildman–Crippen LogP) is 20.3. The molecular formula is C83H60N10. The molecule has 442 valence electrons. The summed E-state index contributed by atoms with van der Waals surface area (Å²) in [6.45, 7) is 13.0. The van der Waals surface area contributed by atoms with E-state index in [0.717, 1.165) is 116 Å². The fraction of sp³-hybridized carbons (Fsp3) is 0.0723. The lowest BCUT2D eigenvalue weighted by molar-refractivity contribution is 0.984. The van der Waals surface area contributed by atoms with Crippen molar-refractivity contribution in [3.8, 4) is 96.8 Å². The maximum absolute atomic E-state index is 6.20. The van der Waals surface area contributed by atoms with E-state index in [1.165, 1.54) is 33.4 Å². The monoisotopic (exact) mass is 1200 g/mol. The summed E-state index contributed by atoms with van der Waals surface area (Å²) in [5.41, 5.74) is 20.9. The Morgan fingerprint density at radius 3 is 0.860 bits per heavy atom. The molecule has 0 N–H and O–H groups in total. The van der Waals surface area contributed by atoms with Gasteiger partial charge in [0.2, 0.25) is 0 Å². The van der Waals surface area contributed by atoms with E-state index in [1.807, 2.05) is 121 Å². The van der Waals surface area contributed by atoms with Crippen LogP contribution >= 0.6 is 0 Å². The fourth-order valence-corrected chi connectivity index (χ4v) is 13.6. The standard InChI is InChI=1S/C83H60N10/c1-49-27-35-69-62(41-49)63-42-50(2)28-36-70(63)91(69)75-48-61(76(92-71-37-29-51(3)43-64(71)65-44-52(4)30-38-72(65)92)83(84-75)93-73-39-31-53(5)45-66(73)67-46-54(6)32-40-74(67)93)59-33-34-60(81-87-77(55-19-11-7-12-20-55)85-78(88-81)56-21-13-8-14-22-56)68(47-59)82-89-79(57-23-15-9-16-24-57)86-80(90-82)58-25-17-10-18-26-58/h7-48H,1-6H3. The highest BCUT2D eigenvalue weighted by molar-refractivity contribution is 6.14. The van der Waals surface area contributed by atoms with Gasteiger partial charge in [0.25, 0.3) is 0 Å². The molecule has 0 radical (unpaired) electrons. The molecule has 10 nitrogen and oxygen atoms in total. The Labute approximate surface area is 537 Å². The molecule has 0 amide bonds. The van der Waals surface area contributed by atoms with Crippen LogP contribution in [0.4, 0.5) is 0 Å². The van der Waals surface area contributed by atoms with Crippen LogP contribution in [0.5, 0.6) is 0 Å². The molecule has 0 saturated carbocycles. The molecule has 0 aliphatic rings. The topological polar surface area (TPSA) is 105 Å². The van der Waals surface area contributed by atoms with Crippen molar-refractivity contribution < 1.29 is 0 Å². The number of pyridine rings is 1. The smallest absolute Gasteiger partial charge is 0.165 e. The van der Waals surface area contributed by atoms with Crippen molar-refractivity contribution >= 4 is 65.4 Å². The number of aryl methyl sites for hydroxylation is 6. The Hall–Kier alpha value is -12.0. The van der Waals surface area contributed by atoms with Gasteiger partial charge < -0.3 is 4.57 Å². The average Bonchev–Trinajstić information content (AvgIpc) is 1.60. The zero-order chi connectivity index (χ0) is 62.6. The normalized spacial score (nSPS) is 11.8. The highest BCUT2D eigenvalue weighted by Crippen LogP contribution is 2.46. The van der Waals surface area contributed by atoms with Crippen LogP contribution in [0.2, 0.25) is 0 Å². The Kier molecular flexibility index (Phi) is 13.0. The first-order chi connectivity index (χ1) is 45.5. The van der Waals surface area contributed by atoms with Crippen molar-refractivity contribution in [3.63, 3.8) is 0 Å². The first-order valence-corrected chi connectivity index (χ1v) is 31.5. The lowest BCUT2D eigenvalue weighted by Crippen LogP contribution is -2.11. The van der Waals surface area contributed by atoms with Crippen LogP contribution in [-0.2, 0) is 0 Å². The van der Waals surface area contributed by atoms with Crippen molar-refractivity contribution in [2.75, 3.05) is 0 Å². The number of nitrogens with zero attached hydrogens (tertiary/aromatic N) is 10. The summed E-state index contributed by atoms with van der Waals surface area (Å²) in [4.78, 5) is 38.4. The molecule has 6 aromatic heterocycles. The first kappa shape index (κ1) is 55.1. The van der Waals surface area contributed by atoms with Gasteiger partial charge in [0, 0.05) is 71.3 Å². The van der Waals surface area contributed by atoms with Crippen molar-refractivity contribution in [1.29, 1.82) is 0 Å². The Balaban J connectivity index is 1.06. The fourth-order valence-electron chi connectivity index (χ4n) is 13.6. The summed E-state index contributed by atoms with van der Waals surface area (Å²) in [6, 6.07) is 90.3. The lowest BCUT2D eigenvalue weighted by atomic mass is 9.96. The number of rotatable bonds is 10. The molecule has 0 aliphatic carbocycles. The van der Waals surface area contributed by atoms with Gasteiger partial charge in [-0.3, -0.25) is 9.13 Å². The van der Waals surface area contributed by atoms with Crippen LogP contribution in [0, 0.1) is 41.5 Å². The van der Waals surface area contributed by atoms with E-state index in [4.69, 9.17) is 34.9 Å². The maximum Gasteiger partial charge on any atom is 0.165 e. The SMILES string of the molecule is Cc1ccc2c(c1)c1cc(C)ccc1n2-c1cc(-c2ccc(-c3nc(-c4ccccc4)nc(-c4ccccc4)n3)c(-c3nc(-c4ccccc4)nc(-c4ccccc4)n3)c2)c(-n2c3ccc(C)cc3c3cc(C)ccc32)c(-n2c3ccc(C)cc3c3cc(C)ccc32)n1. The minimum atomic E-state index is 0.447. The van der Waals surface area contributed by atoms with Crippen molar-refractivity contribution in [1.82, 2.24) is 48.6 Å². The summed E-state index contributed by atoms with van der Waals surface area (Å²) < 4.78 is 7.24. The zero-order valence-electron chi connectivity index (χ0n) is 52.2. The molecule has 0 fully saturated rings. The van der Waals surface area contributed by atoms with E-state index >= 15 is 0 Å². The molecule has 6 heterocycles. The van der Waals surface area contributed by atoms with Gasteiger partial charge in [-0.2, -0.15) is 0 Å². The molecule has 93 heavy (non-hydrogen) atoms. The third-order valence-electron chi connectivity index (χ3n) is 18.1. The molecule has 0 aliphatic heterocycles. The Morgan fingerprint density at radius 2 is 0.516 bits per heavy atom. The second kappa shape index (κ2) is 21.9. The summed E-state index contributed by atoms with van der Waals surface area (Å²) in [5.74, 6) is 4.54. The molecule has 0 bridgehead atoms. The maximum atomic E-state index is 6.20. The van der Waals surface area contributed by atoms with Crippen LogP contribution in [0.3, 0.4) is 0 Å². The number of hydrogen-bond acceptors (Lipinski definition) is 7. The highest BCUT2D eigenvalue weighted by atomic mass is 15.2. The van der Waals surface area contributed by atoms with E-state index in [0.29, 0.717) is 46.1 Å². The lowest BCUT2D eigenvalue weighted by Gasteiger charge is -2.23. The second-order valence-corrected chi connectivity index (χ2v) is 24.7. The predicted molar refractivity (Wildman–Crippen MR) is 380 cm³/mol. The van der Waals surface area contributed by atoms with E-state index in [-0.39, 0.29) is 0 Å². The molecule has 0 unspecified atom stereocenters. The van der Waals surface area contributed by atoms with Gasteiger partial charge in [0.05, 0.1) is 38.8 Å². The summed E-state index contributed by atoms with van der Waals surface area (Å²) in [7, 11) is 0. The number of aromatic nitrogens is 10. The summed E-state index contributed by atoms with van der Waals surface area (Å²) in [6.07, 6.45) is 0. The quantitative estimate of drug-likeness (QED) is 0.134. The van der Waals surface area contributed by atoms with Crippen LogP contribution in [0.25, 0.3) is 162 Å². The number of benzene rings is 11.